The number of nitrogens with zero attached hydrogens (tertiary/aromatic N) is 1. The number of furan rings is 1. The molecule has 1 aliphatic heterocycles. The first-order valence-electron chi connectivity index (χ1n) is 12.4. The molecule has 3 aromatic carbocycles. The van der Waals surface area contributed by atoms with Crippen LogP contribution in [0.1, 0.15) is 46.2 Å². The number of benzene rings is 3. The summed E-state index contributed by atoms with van der Waals surface area (Å²) in [6.07, 6.45) is 1.63. The van der Waals surface area contributed by atoms with Crippen molar-refractivity contribution in [1.29, 1.82) is 0 Å². The summed E-state index contributed by atoms with van der Waals surface area (Å²) >= 11 is 5.96. The van der Waals surface area contributed by atoms with Gasteiger partial charge in [-0.3, -0.25) is 9.59 Å². The Morgan fingerprint density at radius 2 is 1.68 bits per heavy atom. The lowest BCUT2D eigenvalue weighted by molar-refractivity contribution is 0.0997. The van der Waals surface area contributed by atoms with E-state index in [9.17, 15) is 18.0 Å². The Bertz CT molecular complexity index is 1600. The fourth-order valence-electron chi connectivity index (χ4n) is 4.59. The van der Waals surface area contributed by atoms with Crippen molar-refractivity contribution in [3.8, 4) is 0 Å². The lowest BCUT2D eigenvalue weighted by atomic mass is 10.0. The standard InChI is InChI=1S/C29H27ClN2O5S/c1-19-13-15-32(16-14-19)38(35,36)23-6-4-5-21(17-23)25(33)18-31-27-24-7-2-3-8-26(24)37-29(27)28(34)20-9-11-22(30)12-10-20/h2-12,17,19,31H,13-16,18H2,1H3. The number of anilines is 1. The van der Waals surface area contributed by atoms with E-state index in [1.54, 1.807) is 54.6 Å². The third-order valence-electron chi connectivity index (χ3n) is 6.87. The van der Waals surface area contributed by atoms with Crippen LogP contribution in [0.15, 0.2) is 82.1 Å². The highest BCUT2D eigenvalue weighted by Crippen LogP contribution is 2.33. The molecule has 0 unspecified atom stereocenters. The van der Waals surface area contributed by atoms with E-state index >= 15 is 0 Å². The Balaban J connectivity index is 1.38. The highest BCUT2D eigenvalue weighted by atomic mass is 35.5. The van der Waals surface area contributed by atoms with Crippen molar-refractivity contribution < 1.29 is 22.4 Å². The van der Waals surface area contributed by atoms with Gasteiger partial charge in [-0.2, -0.15) is 4.31 Å². The topological polar surface area (TPSA) is 96.7 Å². The van der Waals surface area contributed by atoms with Crippen molar-refractivity contribution in [3.05, 3.63) is 94.7 Å². The van der Waals surface area contributed by atoms with Crippen LogP contribution in [0.25, 0.3) is 11.0 Å². The van der Waals surface area contributed by atoms with Gasteiger partial charge in [0.2, 0.25) is 15.8 Å². The number of fused-ring (bicyclic) bond motifs is 1. The molecular formula is C29H27ClN2O5S. The summed E-state index contributed by atoms with van der Waals surface area (Å²) in [5.74, 6) is -0.0888. The summed E-state index contributed by atoms with van der Waals surface area (Å²) in [4.78, 5) is 26.5. The SMILES string of the molecule is CC1CCN(S(=O)(=O)c2cccc(C(=O)CNc3c(C(=O)c4ccc(Cl)cc4)oc4ccccc34)c2)CC1. The largest absolute Gasteiger partial charge is 0.450 e. The van der Waals surface area contributed by atoms with Crippen LogP contribution in [-0.4, -0.2) is 43.9 Å². The summed E-state index contributed by atoms with van der Waals surface area (Å²) in [5.41, 5.74) is 1.57. The van der Waals surface area contributed by atoms with Crippen LogP contribution in [-0.2, 0) is 10.0 Å². The number of hydrogen-bond donors (Lipinski definition) is 1. The fourth-order valence-corrected chi connectivity index (χ4v) is 6.23. The molecule has 4 aromatic rings. The van der Waals surface area contributed by atoms with Gasteiger partial charge in [0.05, 0.1) is 17.1 Å². The average molecular weight is 551 g/mol. The van der Waals surface area contributed by atoms with E-state index in [4.69, 9.17) is 16.0 Å². The predicted octanol–water partition coefficient (Wildman–Crippen LogP) is 6.03. The van der Waals surface area contributed by atoms with E-state index in [2.05, 4.69) is 12.2 Å². The smallest absolute Gasteiger partial charge is 0.243 e. The van der Waals surface area contributed by atoms with Crippen molar-refractivity contribution in [2.24, 2.45) is 5.92 Å². The molecule has 1 fully saturated rings. The van der Waals surface area contributed by atoms with Gasteiger partial charge in [-0.1, -0.05) is 42.8 Å². The fraction of sp³-hybridized carbons (Fsp3) is 0.241. The van der Waals surface area contributed by atoms with Crippen LogP contribution in [0.2, 0.25) is 5.02 Å². The van der Waals surface area contributed by atoms with E-state index in [0.29, 0.717) is 46.3 Å². The molecule has 5 rings (SSSR count). The van der Waals surface area contributed by atoms with Gasteiger partial charge in [0.15, 0.2) is 11.5 Å². The maximum Gasteiger partial charge on any atom is 0.243 e. The van der Waals surface area contributed by atoms with Gasteiger partial charge in [0.1, 0.15) is 5.58 Å². The van der Waals surface area contributed by atoms with Crippen molar-refractivity contribution in [2.45, 2.75) is 24.7 Å². The van der Waals surface area contributed by atoms with Gasteiger partial charge in [0.25, 0.3) is 0 Å². The molecule has 2 heterocycles. The second-order valence-electron chi connectivity index (χ2n) is 9.53. The van der Waals surface area contributed by atoms with Crippen LogP contribution >= 0.6 is 11.6 Å². The summed E-state index contributed by atoms with van der Waals surface area (Å²) in [5, 5.41) is 4.24. The zero-order chi connectivity index (χ0) is 26.9. The Labute approximate surface area is 226 Å². The lowest BCUT2D eigenvalue weighted by Gasteiger charge is -2.29. The van der Waals surface area contributed by atoms with Crippen LogP contribution in [0.4, 0.5) is 5.69 Å². The van der Waals surface area contributed by atoms with Gasteiger partial charge in [-0.15, -0.1) is 0 Å². The highest BCUT2D eigenvalue weighted by Gasteiger charge is 2.29. The van der Waals surface area contributed by atoms with Crippen molar-refractivity contribution in [2.75, 3.05) is 25.0 Å². The molecule has 0 amide bonds. The first-order chi connectivity index (χ1) is 18.2. The minimum atomic E-state index is -3.69. The van der Waals surface area contributed by atoms with Crippen molar-refractivity contribution in [1.82, 2.24) is 4.31 Å². The zero-order valence-corrected chi connectivity index (χ0v) is 22.4. The molecule has 1 aliphatic rings. The van der Waals surface area contributed by atoms with Crippen LogP contribution in [0, 0.1) is 5.92 Å². The van der Waals surface area contributed by atoms with Crippen LogP contribution in [0.5, 0.6) is 0 Å². The van der Waals surface area contributed by atoms with Crippen LogP contribution < -0.4 is 5.32 Å². The summed E-state index contributed by atoms with van der Waals surface area (Å²) < 4.78 is 33.7. The molecule has 0 spiro atoms. The number of carbonyl (C=O) groups excluding carboxylic acids is 2. The number of rotatable bonds is 8. The van der Waals surface area contributed by atoms with E-state index in [1.165, 1.54) is 16.4 Å². The molecule has 9 heteroatoms. The molecule has 38 heavy (non-hydrogen) atoms. The number of halogens is 1. The summed E-state index contributed by atoms with van der Waals surface area (Å²) in [7, 11) is -3.69. The quantitative estimate of drug-likeness (QED) is 0.269. The van der Waals surface area contributed by atoms with E-state index < -0.39 is 10.0 Å². The molecule has 196 valence electrons. The Kier molecular flexibility index (Phi) is 7.38. The molecular weight excluding hydrogens is 524 g/mol. The lowest BCUT2D eigenvalue weighted by Crippen LogP contribution is -2.37. The molecule has 0 aliphatic carbocycles. The van der Waals surface area contributed by atoms with Crippen molar-refractivity contribution in [3.63, 3.8) is 0 Å². The Hall–Kier alpha value is -3.46. The van der Waals surface area contributed by atoms with Crippen LogP contribution in [0.3, 0.4) is 0 Å². The van der Waals surface area contributed by atoms with E-state index in [-0.39, 0.29) is 34.3 Å². The van der Waals surface area contributed by atoms with Gasteiger partial charge in [-0.05, 0) is 67.3 Å². The predicted molar refractivity (Wildman–Crippen MR) is 148 cm³/mol. The highest BCUT2D eigenvalue weighted by molar-refractivity contribution is 7.89. The number of ketones is 2. The number of nitrogens with one attached hydrogen (secondary N) is 1. The normalized spacial score (nSPS) is 15.0. The monoisotopic (exact) mass is 550 g/mol. The number of Topliss-reactive ketones (excluding diaryl/α,β-unsaturated/α-hetero) is 1. The second-order valence-corrected chi connectivity index (χ2v) is 11.9. The number of hydrogen-bond acceptors (Lipinski definition) is 6. The molecule has 7 nitrogen and oxygen atoms in total. The zero-order valence-electron chi connectivity index (χ0n) is 20.8. The molecule has 1 aromatic heterocycles. The maximum absolute atomic E-state index is 13.3. The molecule has 1 N–H and O–H groups in total. The molecule has 1 saturated heterocycles. The first kappa shape index (κ1) is 26.2. The maximum atomic E-state index is 13.3. The molecule has 0 saturated carbocycles. The number of piperidine rings is 1. The van der Waals surface area contributed by atoms with Gasteiger partial charge >= 0.3 is 0 Å². The third kappa shape index (κ3) is 5.25. The van der Waals surface area contributed by atoms with Gasteiger partial charge in [-0.25, -0.2) is 8.42 Å². The number of para-hydroxylation sites is 1. The van der Waals surface area contributed by atoms with Crippen molar-refractivity contribution >= 4 is 49.8 Å². The summed E-state index contributed by atoms with van der Waals surface area (Å²) in [6, 6.07) is 19.7. The van der Waals surface area contributed by atoms with Gasteiger partial charge < -0.3 is 9.73 Å². The second kappa shape index (κ2) is 10.7. The molecule has 0 bridgehead atoms. The minimum absolute atomic E-state index is 0.0805. The van der Waals surface area contributed by atoms with E-state index in [1.807, 2.05) is 6.07 Å². The Morgan fingerprint density at radius 3 is 2.42 bits per heavy atom. The first-order valence-corrected chi connectivity index (χ1v) is 14.2. The number of sulfonamides is 1. The molecule has 0 radical (unpaired) electrons. The van der Waals surface area contributed by atoms with Gasteiger partial charge in [0, 0.05) is 34.6 Å². The Morgan fingerprint density at radius 1 is 0.974 bits per heavy atom. The minimum Gasteiger partial charge on any atom is -0.450 e. The average Bonchev–Trinajstić information content (AvgIpc) is 3.30. The molecule has 0 atom stereocenters. The number of carbonyl (C=O) groups is 2. The summed E-state index contributed by atoms with van der Waals surface area (Å²) in [6.45, 7) is 2.91. The third-order valence-corrected chi connectivity index (χ3v) is 9.02. The van der Waals surface area contributed by atoms with E-state index in [0.717, 1.165) is 12.8 Å².